The highest BCUT2D eigenvalue weighted by Crippen LogP contribution is 2.34. The summed E-state index contributed by atoms with van der Waals surface area (Å²) in [4.78, 5) is 37.0. The van der Waals surface area contributed by atoms with E-state index in [-0.39, 0.29) is 12.3 Å². The van der Waals surface area contributed by atoms with E-state index in [1.54, 1.807) is 13.0 Å². The topological polar surface area (TPSA) is 85.6 Å². The fourth-order valence-corrected chi connectivity index (χ4v) is 4.53. The van der Waals surface area contributed by atoms with E-state index in [0.29, 0.717) is 21.0 Å². The predicted octanol–water partition coefficient (Wildman–Crippen LogP) is 4.77. The SMILES string of the molecule is Cc1c(C(=O)COC(=O)CNC(=O)c2sc3ccccc3c2Cl)oc2ccccc12. The summed E-state index contributed by atoms with van der Waals surface area (Å²) >= 11 is 7.50. The van der Waals surface area contributed by atoms with Crippen LogP contribution in [0.25, 0.3) is 21.1 Å². The Bertz CT molecular complexity index is 1190. The molecule has 1 amide bonds. The van der Waals surface area contributed by atoms with E-state index in [2.05, 4.69) is 5.32 Å². The number of thiophene rings is 1. The Morgan fingerprint density at radius 1 is 1.07 bits per heavy atom. The van der Waals surface area contributed by atoms with Gasteiger partial charge in [-0.15, -0.1) is 11.3 Å². The van der Waals surface area contributed by atoms with Crippen molar-refractivity contribution in [3.63, 3.8) is 0 Å². The first kappa shape index (κ1) is 20.1. The standard InChI is InChI=1S/C22H16ClNO5S/c1-12-13-6-2-4-8-16(13)29-20(12)15(25)11-28-18(26)10-24-22(27)21-19(23)14-7-3-5-9-17(14)30-21/h2-9H,10-11H2,1H3,(H,24,27). The number of carbonyl (C=O) groups excluding carboxylic acids is 3. The third-order valence-electron chi connectivity index (χ3n) is 4.60. The zero-order valence-electron chi connectivity index (χ0n) is 15.9. The van der Waals surface area contributed by atoms with Gasteiger partial charge < -0.3 is 14.5 Å². The molecule has 0 aliphatic carbocycles. The maximum Gasteiger partial charge on any atom is 0.325 e. The van der Waals surface area contributed by atoms with Gasteiger partial charge in [-0.3, -0.25) is 14.4 Å². The summed E-state index contributed by atoms with van der Waals surface area (Å²) in [5.41, 5.74) is 1.29. The molecule has 4 aromatic rings. The monoisotopic (exact) mass is 441 g/mol. The zero-order valence-corrected chi connectivity index (χ0v) is 17.4. The van der Waals surface area contributed by atoms with Crippen LogP contribution < -0.4 is 5.32 Å². The van der Waals surface area contributed by atoms with Crippen LogP contribution in [-0.2, 0) is 9.53 Å². The minimum absolute atomic E-state index is 0.157. The second-order valence-corrected chi connectivity index (χ2v) is 7.99. The molecule has 8 heteroatoms. The van der Waals surface area contributed by atoms with Gasteiger partial charge in [0.15, 0.2) is 12.4 Å². The maximum absolute atomic E-state index is 12.4. The van der Waals surface area contributed by atoms with Gasteiger partial charge >= 0.3 is 5.97 Å². The lowest BCUT2D eigenvalue weighted by Gasteiger charge is -2.05. The van der Waals surface area contributed by atoms with Crippen LogP contribution in [-0.4, -0.2) is 30.8 Å². The van der Waals surface area contributed by atoms with Crippen molar-refractivity contribution in [2.75, 3.05) is 13.2 Å². The van der Waals surface area contributed by atoms with Crippen LogP contribution in [0.3, 0.4) is 0 Å². The molecule has 0 aliphatic heterocycles. The number of esters is 1. The highest BCUT2D eigenvalue weighted by molar-refractivity contribution is 7.21. The Hall–Kier alpha value is -3.16. The normalized spacial score (nSPS) is 11.0. The number of amides is 1. The quantitative estimate of drug-likeness (QED) is 0.344. The Morgan fingerprint density at radius 3 is 2.50 bits per heavy atom. The number of aryl methyl sites for hydroxylation is 1. The van der Waals surface area contributed by atoms with E-state index < -0.39 is 24.3 Å². The molecule has 4 rings (SSSR count). The Labute approximate surface area is 180 Å². The smallest absolute Gasteiger partial charge is 0.325 e. The van der Waals surface area contributed by atoms with E-state index in [1.165, 1.54) is 11.3 Å². The van der Waals surface area contributed by atoms with Crippen molar-refractivity contribution >= 4 is 61.7 Å². The number of rotatable bonds is 6. The van der Waals surface area contributed by atoms with E-state index in [1.807, 2.05) is 42.5 Å². The van der Waals surface area contributed by atoms with Crippen molar-refractivity contribution in [2.45, 2.75) is 6.92 Å². The van der Waals surface area contributed by atoms with Gasteiger partial charge in [0.25, 0.3) is 5.91 Å². The van der Waals surface area contributed by atoms with Crippen LogP contribution in [0.4, 0.5) is 0 Å². The van der Waals surface area contributed by atoms with Gasteiger partial charge in [0.2, 0.25) is 5.78 Å². The number of halogens is 1. The summed E-state index contributed by atoms with van der Waals surface area (Å²) in [6, 6.07) is 14.7. The molecule has 152 valence electrons. The molecule has 2 aromatic heterocycles. The third kappa shape index (κ3) is 3.81. The van der Waals surface area contributed by atoms with Crippen molar-refractivity contribution in [1.29, 1.82) is 0 Å². The lowest BCUT2D eigenvalue weighted by atomic mass is 10.1. The summed E-state index contributed by atoms with van der Waals surface area (Å²) < 4.78 is 11.4. The number of hydrogen-bond acceptors (Lipinski definition) is 6. The number of fused-ring (bicyclic) bond motifs is 2. The number of furan rings is 1. The average Bonchev–Trinajstić information content (AvgIpc) is 3.28. The van der Waals surface area contributed by atoms with Crippen LogP contribution in [0.2, 0.25) is 5.02 Å². The number of Topliss-reactive ketones (excluding diaryl/α,β-unsaturated/α-hetero) is 1. The van der Waals surface area contributed by atoms with Crippen LogP contribution in [0.15, 0.2) is 52.9 Å². The lowest BCUT2D eigenvalue weighted by molar-refractivity contribution is -0.141. The molecule has 0 bridgehead atoms. The number of carbonyl (C=O) groups is 3. The molecule has 1 N–H and O–H groups in total. The number of para-hydroxylation sites is 1. The molecular formula is C22H16ClNO5S. The van der Waals surface area contributed by atoms with Crippen molar-refractivity contribution in [3.8, 4) is 0 Å². The van der Waals surface area contributed by atoms with E-state index >= 15 is 0 Å². The molecule has 0 fully saturated rings. The van der Waals surface area contributed by atoms with Crippen molar-refractivity contribution in [2.24, 2.45) is 0 Å². The molecule has 0 unspecified atom stereocenters. The minimum Gasteiger partial charge on any atom is -0.456 e. The molecule has 0 aliphatic rings. The molecule has 0 saturated carbocycles. The summed E-state index contributed by atoms with van der Waals surface area (Å²) in [5.74, 6) is -1.50. The largest absolute Gasteiger partial charge is 0.456 e. The van der Waals surface area contributed by atoms with Gasteiger partial charge in [0, 0.05) is 21.0 Å². The first-order valence-corrected chi connectivity index (χ1v) is 10.3. The molecule has 0 spiro atoms. The molecule has 0 radical (unpaired) electrons. The number of hydrogen-bond donors (Lipinski definition) is 1. The first-order chi connectivity index (χ1) is 14.5. The Balaban J connectivity index is 1.34. The third-order valence-corrected chi connectivity index (χ3v) is 6.27. The van der Waals surface area contributed by atoms with Gasteiger partial charge in [-0.2, -0.15) is 0 Å². The summed E-state index contributed by atoms with van der Waals surface area (Å²) in [6.07, 6.45) is 0. The van der Waals surface area contributed by atoms with Crippen molar-refractivity contribution < 1.29 is 23.5 Å². The van der Waals surface area contributed by atoms with E-state index in [4.69, 9.17) is 20.8 Å². The molecule has 2 aromatic carbocycles. The molecule has 6 nitrogen and oxygen atoms in total. The molecule has 2 heterocycles. The van der Waals surface area contributed by atoms with Gasteiger partial charge in [-0.05, 0) is 19.1 Å². The number of benzene rings is 2. The molecule has 30 heavy (non-hydrogen) atoms. The molecular weight excluding hydrogens is 426 g/mol. The van der Waals surface area contributed by atoms with Crippen LogP contribution in [0.1, 0.15) is 25.8 Å². The second-order valence-electron chi connectivity index (χ2n) is 6.56. The van der Waals surface area contributed by atoms with Crippen molar-refractivity contribution in [3.05, 3.63) is 69.8 Å². The lowest BCUT2D eigenvalue weighted by Crippen LogP contribution is -2.31. The molecule has 0 atom stereocenters. The zero-order chi connectivity index (χ0) is 21.3. The van der Waals surface area contributed by atoms with Gasteiger partial charge in [-0.1, -0.05) is 48.0 Å². The van der Waals surface area contributed by atoms with E-state index in [0.717, 1.165) is 15.5 Å². The highest BCUT2D eigenvalue weighted by Gasteiger charge is 2.20. The average molecular weight is 442 g/mol. The van der Waals surface area contributed by atoms with E-state index in [9.17, 15) is 14.4 Å². The summed E-state index contributed by atoms with van der Waals surface area (Å²) in [6.45, 7) is 0.921. The first-order valence-electron chi connectivity index (χ1n) is 9.08. The van der Waals surface area contributed by atoms with Crippen molar-refractivity contribution in [1.82, 2.24) is 5.32 Å². The number of ketones is 1. The van der Waals surface area contributed by atoms with Gasteiger partial charge in [-0.25, -0.2) is 0 Å². The Morgan fingerprint density at radius 2 is 1.77 bits per heavy atom. The number of ether oxygens (including phenoxy) is 1. The summed E-state index contributed by atoms with van der Waals surface area (Å²) in [7, 11) is 0. The van der Waals surface area contributed by atoms with Crippen LogP contribution in [0.5, 0.6) is 0 Å². The fourth-order valence-electron chi connectivity index (χ4n) is 3.10. The Kier molecular flexibility index (Phi) is 5.57. The fraction of sp³-hybridized carbons (Fsp3) is 0.136. The van der Waals surface area contributed by atoms with Gasteiger partial charge in [0.1, 0.15) is 17.0 Å². The maximum atomic E-state index is 12.4. The highest BCUT2D eigenvalue weighted by atomic mass is 35.5. The summed E-state index contributed by atoms with van der Waals surface area (Å²) in [5, 5.41) is 4.43. The minimum atomic E-state index is -0.734. The van der Waals surface area contributed by atoms with Crippen LogP contribution >= 0.6 is 22.9 Å². The molecule has 0 saturated heterocycles. The number of nitrogens with one attached hydrogen (secondary N) is 1. The second kappa shape index (κ2) is 8.30. The van der Waals surface area contributed by atoms with Gasteiger partial charge in [0.05, 0.1) is 5.02 Å². The predicted molar refractivity (Wildman–Crippen MR) is 115 cm³/mol. The van der Waals surface area contributed by atoms with Crippen LogP contribution in [0, 0.1) is 6.92 Å².